The maximum Gasteiger partial charge on any atom is 0.222 e. The lowest BCUT2D eigenvalue weighted by molar-refractivity contribution is -0.122. The molecule has 1 aromatic rings. The number of amides is 1. The first-order chi connectivity index (χ1) is 8.77. The molecule has 0 saturated heterocycles. The van der Waals surface area contributed by atoms with E-state index in [1.54, 1.807) is 7.11 Å². The van der Waals surface area contributed by atoms with Gasteiger partial charge in [0.05, 0.1) is 6.61 Å². The van der Waals surface area contributed by atoms with Crippen molar-refractivity contribution in [2.45, 2.75) is 31.1 Å². The summed E-state index contributed by atoms with van der Waals surface area (Å²) in [5.74, 6) is 0.0825. The molecule has 0 heterocycles. The SMILES string of the molecule is COCCC(=O)NCC1(c2ccccc2)CCC1. The largest absolute Gasteiger partial charge is 0.384 e. The molecule has 2 rings (SSSR count). The lowest BCUT2D eigenvalue weighted by atomic mass is 9.64. The molecule has 1 aliphatic rings. The zero-order chi connectivity index (χ0) is 12.8. The van der Waals surface area contributed by atoms with Crippen molar-refractivity contribution < 1.29 is 9.53 Å². The van der Waals surface area contributed by atoms with Crippen LogP contribution < -0.4 is 5.32 Å². The predicted octanol–water partition coefficient (Wildman–Crippen LogP) is 2.26. The topological polar surface area (TPSA) is 38.3 Å². The van der Waals surface area contributed by atoms with Crippen LogP contribution in [0.2, 0.25) is 0 Å². The molecule has 1 saturated carbocycles. The number of carbonyl (C=O) groups excluding carboxylic acids is 1. The van der Waals surface area contributed by atoms with Crippen LogP contribution in [-0.4, -0.2) is 26.2 Å². The number of hydrogen-bond acceptors (Lipinski definition) is 2. The summed E-state index contributed by atoms with van der Waals surface area (Å²) in [4.78, 5) is 11.6. The Kier molecular flexibility index (Phi) is 4.37. The zero-order valence-electron chi connectivity index (χ0n) is 10.9. The van der Waals surface area contributed by atoms with Gasteiger partial charge in [0.15, 0.2) is 0 Å². The zero-order valence-corrected chi connectivity index (χ0v) is 10.9. The van der Waals surface area contributed by atoms with Gasteiger partial charge in [-0.05, 0) is 18.4 Å². The first-order valence-electron chi connectivity index (χ1n) is 6.58. The molecular formula is C15H21NO2. The van der Waals surface area contributed by atoms with Crippen molar-refractivity contribution in [1.29, 1.82) is 0 Å². The third-order valence-electron chi connectivity index (χ3n) is 3.85. The van der Waals surface area contributed by atoms with E-state index in [1.165, 1.54) is 24.8 Å². The van der Waals surface area contributed by atoms with Gasteiger partial charge in [-0.1, -0.05) is 36.8 Å². The average molecular weight is 247 g/mol. The fraction of sp³-hybridized carbons (Fsp3) is 0.533. The highest BCUT2D eigenvalue weighted by atomic mass is 16.5. The number of nitrogens with one attached hydrogen (secondary N) is 1. The Bertz CT molecular complexity index is 385. The van der Waals surface area contributed by atoms with Crippen LogP contribution in [-0.2, 0) is 14.9 Å². The van der Waals surface area contributed by atoms with E-state index in [4.69, 9.17) is 4.74 Å². The van der Waals surface area contributed by atoms with Crippen LogP contribution in [0, 0.1) is 0 Å². The van der Waals surface area contributed by atoms with Crippen LogP contribution in [0.25, 0.3) is 0 Å². The molecule has 0 bridgehead atoms. The Morgan fingerprint density at radius 2 is 2.06 bits per heavy atom. The highest BCUT2D eigenvalue weighted by Crippen LogP contribution is 2.43. The fourth-order valence-electron chi connectivity index (χ4n) is 2.51. The molecule has 1 N–H and O–H groups in total. The molecule has 3 nitrogen and oxygen atoms in total. The molecule has 1 fully saturated rings. The fourth-order valence-corrected chi connectivity index (χ4v) is 2.51. The van der Waals surface area contributed by atoms with Crippen molar-refractivity contribution in [2.24, 2.45) is 0 Å². The standard InChI is InChI=1S/C15H21NO2/c1-18-11-8-14(17)16-12-15(9-5-10-15)13-6-3-2-4-7-13/h2-4,6-7H,5,8-12H2,1H3,(H,16,17). The summed E-state index contributed by atoms with van der Waals surface area (Å²) in [6.07, 6.45) is 4.04. The van der Waals surface area contributed by atoms with E-state index in [0.29, 0.717) is 13.0 Å². The van der Waals surface area contributed by atoms with Gasteiger partial charge in [-0.25, -0.2) is 0 Å². The lowest BCUT2D eigenvalue weighted by Crippen LogP contribution is -2.45. The first-order valence-corrected chi connectivity index (χ1v) is 6.58. The highest BCUT2D eigenvalue weighted by Gasteiger charge is 2.38. The molecule has 1 aromatic carbocycles. The molecule has 1 aliphatic carbocycles. The summed E-state index contributed by atoms with van der Waals surface area (Å²) in [5, 5.41) is 3.04. The van der Waals surface area contributed by atoms with Gasteiger partial charge in [-0.3, -0.25) is 4.79 Å². The van der Waals surface area contributed by atoms with Crippen molar-refractivity contribution in [2.75, 3.05) is 20.3 Å². The van der Waals surface area contributed by atoms with Crippen LogP contribution in [0.5, 0.6) is 0 Å². The van der Waals surface area contributed by atoms with Crippen molar-refractivity contribution in [1.82, 2.24) is 5.32 Å². The Balaban J connectivity index is 1.91. The minimum atomic E-state index is 0.0825. The van der Waals surface area contributed by atoms with E-state index in [2.05, 4.69) is 29.6 Å². The Morgan fingerprint density at radius 1 is 1.33 bits per heavy atom. The molecule has 98 valence electrons. The summed E-state index contributed by atoms with van der Waals surface area (Å²) in [7, 11) is 1.62. The van der Waals surface area contributed by atoms with E-state index >= 15 is 0 Å². The maximum atomic E-state index is 11.6. The van der Waals surface area contributed by atoms with E-state index in [1.807, 2.05) is 6.07 Å². The summed E-state index contributed by atoms with van der Waals surface area (Å²) < 4.78 is 4.91. The monoisotopic (exact) mass is 247 g/mol. The van der Waals surface area contributed by atoms with E-state index < -0.39 is 0 Å². The van der Waals surface area contributed by atoms with Crippen LogP contribution in [0.15, 0.2) is 30.3 Å². The second-order valence-corrected chi connectivity index (χ2v) is 5.02. The number of ether oxygens (including phenoxy) is 1. The van der Waals surface area contributed by atoms with Gasteiger partial charge in [0.2, 0.25) is 5.91 Å². The third-order valence-corrected chi connectivity index (χ3v) is 3.85. The lowest BCUT2D eigenvalue weighted by Gasteiger charge is -2.42. The van der Waals surface area contributed by atoms with Crippen LogP contribution >= 0.6 is 0 Å². The predicted molar refractivity (Wildman–Crippen MR) is 71.5 cm³/mol. The summed E-state index contributed by atoms with van der Waals surface area (Å²) >= 11 is 0. The van der Waals surface area contributed by atoms with Crippen molar-refractivity contribution in [3.05, 3.63) is 35.9 Å². The number of benzene rings is 1. The molecule has 18 heavy (non-hydrogen) atoms. The molecule has 0 unspecified atom stereocenters. The van der Waals surface area contributed by atoms with Crippen molar-refractivity contribution in [3.63, 3.8) is 0 Å². The molecule has 1 amide bonds. The molecular weight excluding hydrogens is 226 g/mol. The van der Waals surface area contributed by atoms with Crippen molar-refractivity contribution >= 4 is 5.91 Å². The smallest absolute Gasteiger partial charge is 0.222 e. The van der Waals surface area contributed by atoms with Gasteiger partial charge in [0, 0.05) is 25.5 Å². The van der Waals surface area contributed by atoms with Crippen LogP contribution in [0.4, 0.5) is 0 Å². The normalized spacial score (nSPS) is 16.9. The maximum absolute atomic E-state index is 11.6. The van der Waals surface area contributed by atoms with Crippen LogP contribution in [0.1, 0.15) is 31.2 Å². The van der Waals surface area contributed by atoms with Crippen molar-refractivity contribution in [3.8, 4) is 0 Å². The molecule has 0 spiro atoms. The summed E-state index contributed by atoms with van der Waals surface area (Å²) in [5.41, 5.74) is 1.52. The van der Waals surface area contributed by atoms with E-state index in [-0.39, 0.29) is 11.3 Å². The molecule has 0 radical (unpaired) electrons. The van der Waals surface area contributed by atoms with E-state index in [9.17, 15) is 4.79 Å². The number of hydrogen-bond donors (Lipinski definition) is 1. The van der Waals surface area contributed by atoms with Gasteiger partial charge in [0.25, 0.3) is 0 Å². The highest BCUT2D eigenvalue weighted by molar-refractivity contribution is 5.76. The molecule has 0 aromatic heterocycles. The Labute approximate surface area is 109 Å². The quantitative estimate of drug-likeness (QED) is 0.837. The number of rotatable bonds is 6. The van der Waals surface area contributed by atoms with Gasteiger partial charge >= 0.3 is 0 Å². The minimum absolute atomic E-state index is 0.0825. The van der Waals surface area contributed by atoms with Gasteiger partial charge in [-0.15, -0.1) is 0 Å². The molecule has 3 heteroatoms. The second kappa shape index (κ2) is 6.01. The minimum Gasteiger partial charge on any atom is -0.384 e. The van der Waals surface area contributed by atoms with Crippen LogP contribution in [0.3, 0.4) is 0 Å². The Morgan fingerprint density at radius 3 is 2.61 bits per heavy atom. The number of carbonyl (C=O) groups is 1. The Hall–Kier alpha value is -1.35. The first kappa shape index (κ1) is 13.1. The summed E-state index contributed by atoms with van der Waals surface area (Å²) in [6.45, 7) is 1.24. The van der Waals surface area contributed by atoms with E-state index in [0.717, 1.165) is 6.54 Å². The van der Waals surface area contributed by atoms with Gasteiger partial charge < -0.3 is 10.1 Å². The van der Waals surface area contributed by atoms with Gasteiger partial charge in [-0.2, -0.15) is 0 Å². The van der Waals surface area contributed by atoms with Gasteiger partial charge in [0.1, 0.15) is 0 Å². The summed E-state index contributed by atoms with van der Waals surface area (Å²) in [6, 6.07) is 10.5. The number of methoxy groups -OCH3 is 1. The molecule has 0 atom stereocenters. The average Bonchev–Trinajstić information content (AvgIpc) is 2.36. The molecule has 0 aliphatic heterocycles. The third kappa shape index (κ3) is 2.91. The second-order valence-electron chi connectivity index (χ2n) is 5.02.